The Morgan fingerprint density at radius 1 is 1.26 bits per heavy atom. The number of carbonyl (C=O) groups excluding carboxylic acids is 1. The summed E-state index contributed by atoms with van der Waals surface area (Å²) in [5, 5.41) is 4.31. The van der Waals surface area contributed by atoms with Gasteiger partial charge in [0.1, 0.15) is 11.5 Å². The number of nitrogens with zero attached hydrogens (tertiary/aromatic N) is 3. The maximum absolute atomic E-state index is 13.2. The molecule has 0 spiro atoms. The topological polar surface area (TPSA) is 86.9 Å². The van der Waals surface area contributed by atoms with Crippen molar-refractivity contribution in [2.24, 2.45) is 0 Å². The number of rotatable bonds is 6. The summed E-state index contributed by atoms with van der Waals surface area (Å²) in [7, 11) is 3.23. The molecule has 0 N–H and O–H groups in total. The minimum absolute atomic E-state index is 0.0608. The Morgan fingerprint density at radius 2 is 2.06 bits per heavy atom. The highest BCUT2D eigenvalue weighted by molar-refractivity contribution is 5.80. The van der Waals surface area contributed by atoms with Crippen LogP contribution in [0.1, 0.15) is 55.8 Å². The second-order valence-corrected chi connectivity index (χ2v) is 8.68. The fourth-order valence-electron chi connectivity index (χ4n) is 4.52. The van der Waals surface area contributed by atoms with Crippen molar-refractivity contribution >= 4 is 5.91 Å². The van der Waals surface area contributed by atoms with Crippen LogP contribution >= 0.6 is 0 Å². The zero-order valence-electron chi connectivity index (χ0n) is 18.6. The van der Waals surface area contributed by atoms with Gasteiger partial charge in [-0.3, -0.25) is 4.79 Å². The van der Waals surface area contributed by atoms with E-state index in [2.05, 4.69) is 12.1 Å². The molecule has 4 rings (SSSR count). The second kappa shape index (κ2) is 9.26. The lowest BCUT2D eigenvalue weighted by atomic mass is 9.81. The van der Waals surface area contributed by atoms with Crippen molar-refractivity contribution in [2.75, 3.05) is 40.5 Å². The smallest absolute Gasteiger partial charge is 0.229 e. The summed E-state index contributed by atoms with van der Waals surface area (Å²) in [6, 6.07) is 5.52. The lowest BCUT2D eigenvalue weighted by Crippen LogP contribution is -2.48. The lowest BCUT2D eigenvalue weighted by molar-refractivity contribution is -0.132. The van der Waals surface area contributed by atoms with Gasteiger partial charge in [0.2, 0.25) is 11.8 Å². The lowest BCUT2D eigenvalue weighted by Gasteiger charge is -2.38. The van der Waals surface area contributed by atoms with Crippen molar-refractivity contribution in [1.82, 2.24) is 15.0 Å². The normalized spacial score (nSPS) is 22.4. The van der Waals surface area contributed by atoms with E-state index in [1.807, 2.05) is 23.1 Å². The van der Waals surface area contributed by atoms with Crippen LogP contribution in [-0.4, -0.2) is 61.5 Å². The van der Waals surface area contributed by atoms with Gasteiger partial charge in [-0.1, -0.05) is 12.1 Å². The molecule has 2 aliphatic rings. The summed E-state index contributed by atoms with van der Waals surface area (Å²) in [5.41, 5.74) is 0.500. The van der Waals surface area contributed by atoms with Crippen LogP contribution in [0.25, 0.3) is 0 Å². The van der Waals surface area contributed by atoms with Gasteiger partial charge in [0.15, 0.2) is 5.82 Å². The van der Waals surface area contributed by atoms with E-state index in [1.54, 1.807) is 14.2 Å². The van der Waals surface area contributed by atoms with Gasteiger partial charge in [0.25, 0.3) is 0 Å². The molecule has 1 aromatic carbocycles. The molecular formula is C23H31N3O5. The number of likely N-dealkylation sites (tertiary alicyclic amines) is 1. The van der Waals surface area contributed by atoms with E-state index in [-0.39, 0.29) is 23.7 Å². The van der Waals surface area contributed by atoms with Gasteiger partial charge in [-0.2, -0.15) is 4.98 Å². The molecule has 168 valence electrons. The molecule has 0 bridgehead atoms. The van der Waals surface area contributed by atoms with E-state index in [4.69, 9.17) is 23.7 Å². The van der Waals surface area contributed by atoms with Crippen molar-refractivity contribution in [3.05, 3.63) is 35.5 Å². The summed E-state index contributed by atoms with van der Waals surface area (Å²) >= 11 is 0. The highest BCUT2D eigenvalue weighted by Gasteiger charge is 2.39. The van der Waals surface area contributed by atoms with Gasteiger partial charge in [-0.15, -0.1) is 0 Å². The Hall–Kier alpha value is -2.61. The summed E-state index contributed by atoms with van der Waals surface area (Å²) < 4.78 is 21.8. The molecule has 31 heavy (non-hydrogen) atoms. The number of carbonyl (C=O) groups is 1. The first kappa shape index (κ1) is 21.6. The van der Waals surface area contributed by atoms with Crippen molar-refractivity contribution < 1.29 is 23.5 Å². The van der Waals surface area contributed by atoms with Crippen molar-refractivity contribution in [3.8, 4) is 11.5 Å². The van der Waals surface area contributed by atoms with Crippen LogP contribution in [0.2, 0.25) is 0 Å². The van der Waals surface area contributed by atoms with Gasteiger partial charge >= 0.3 is 0 Å². The Bertz CT molecular complexity index is 908. The van der Waals surface area contributed by atoms with Crippen LogP contribution in [0, 0.1) is 0 Å². The molecule has 2 aromatic rings. The van der Waals surface area contributed by atoms with Gasteiger partial charge in [-0.25, -0.2) is 0 Å². The number of aromatic nitrogens is 2. The van der Waals surface area contributed by atoms with Gasteiger partial charge in [-0.05, 0) is 43.9 Å². The molecule has 8 heteroatoms. The van der Waals surface area contributed by atoms with E-state index in [1.165, 1.54) is 0 Å². The van der Waals surface area contributed by atoms with Crippen molar-refractivity contribution in [2.45, 2.75) is 50.4 Å². The average molecular weight is 430 g/mol. The van der Waals surface area contributed by atoms with Crippen LogP contribution < -0.4 is 9.47 Å². The molecule has 1 unspecified atom stereocenters. The quantitative estimate of drug-likeness (QED) is 0.697. The molecule has 0 radical (unpaired) electrons. The van der Waals surface area contributed by atoms with Crippen LogP contribution in [0.5, 0.6) is 11.5 Å². The monoisotopic (exact) mass is 429 g/mol. The molecule has 1 atom stereocenters. The van der Waals surface area contributed by atoms with E-state index in [0.717, 1.165) is 51.0 Å². The highest BCUT2D eigenvalue weighted by atomic mass is 16.5. The molecule has 0 aliphatic carbocycles. The predicted molar refractivity (Wildman–Crippen MR) is 114 cm³/mol. The number of hydrogen-bond donors (Lipinski definition) is 0. The SMILES string of the molecule is COc1ccc(OC)c(CC(=O)N2CCCC(C)(c3noc(C4CCOCC4)n3)C2)c1. The van der Waals surface area contributed by atoms with Crippen LogP contribution in [0.3, 0.4) is 0 Å². The van der Waals surface area contributed by atoms with Crippen LogP contribution in [-0.2, 0) is 21.4 Å². The third-order valence-electron chi connectivity index (χ3n) is 6.43. The minimum atomic E-state index is -0.320. The van der Waals surface area contributed by atoms with Gasteiger partial charge < -0.3 is 23.6 Å². The van der Waals surface area contributed by atoms with E-state index >= 15 is 0 Å². The summed E-state index contributed by atoms with van der Waals surface area (Å²) in [6.07, 6.45) is 3.90. The van der Waals surface area contributed by atoms with Crippen molar-refractivity contribution in [1.29, 1.82) is 0 Å². The molecule has 3 heterocycles. The second-order valence-electron chi connectivity index (χ2n) is 8.68. The van der Waals surface area contributed by atoms with Crippen LogP contribution in [0.15, 0.2) is 22.7 Å². The van der Waals surface area contributed by atoms with E-state index in [9.17, 15) is 4.79 Å². The van der Waals surface area contributed by atoms with E-state index < -0.39 is 0 Å². The first-order chi connectivity index (χ1) is 15.0. The molecule has 1 aromatic heterocycles. The molecule has 8 nitrogen and oxygen atoms in total. The van der Waals surface area contributed by atoms with Gasteiger partial charge in [0, 0.05) is 43.2 Å². The Labute approximate surface area is 182 Å². The minimum Gasteiger partial charge on any atom is -0.497 e. The molecule has 0 saturated carbocycles. The fraction of sp³-hybridized carbons (Fsp3) is 0.609. The molecule has 2 saturated heterocycles. The third-order valence-corrected chi connectivity index (χ3v) is 6.43. The third kappa shape index (κ3) is 4.69. The Balaban J connectivity index is 1.46. The number of piperidine rings is 1. The first-order valence-corrected chi connectivity index (χ1v) is 10.9. The largest absolute Gasteiger partial charge is 0.497 e. The maximum atomic E-state index is 13.2. The number of amides is 1. The van der Waals surface area contributed by atoms with Crippen LogP contribution in [0.4, 0.5) is 0 Å². The molecular weight excluding hydrogens is 398 g/mol. The van der Waals surface area contributed by atoms with Crippen molar-refractivity contribution in [3.63, 3.8) is 0 Å². The predicted octanol–water partition coefficient (Wildman–Crippen LogP) is 3.10. The zero-order chi connectivity index (χ0) is 21.8. The number of benzene rings is 1. The molecule has 2 aliphatic heterocycles. The molecule has 1 amide bonds. The highest BCUT2D eigenvalue weighted by Crippen LogP contribution is 2.34. The Kier molecular flexibility index (Phi) is 6.46. The number of ether oxygens (including phenoxy) is 3. The summed E-state index contributed by atoms with van der Waals surface area (Å²) in [4.78, 5) is 19.8. The summed E-state index contributed by atoms with van der Waals surface area (Å²) in [5.74, 6) is 3.12. The summed E-state index contributed by atoms with van der Waals surface area (Å²) in [6.45, 7) is 4.89. The molecule has 2 fully saturated rings. The maximum Gasteiger partial charge on any atom is 0.229 e. The first-order valence-electron chi connectivity index (χ1n) is 10.9. The fourth-order valence-corrected chi connectivity index (χ4v) is 4.52. The standard InChI is InChI=1S/C23H31N3O5/c1-23(22-24-21(31-25-22)16-7-11-30-12-8-16)9-4-10-26(15-23)20(27)14-17-13-18(28-2)5-6-19(17)29-3/h5-6,13,16H,4,7-12,14-15H2,1-3H3. The average Bonchev–Trinajstić information content (AvgIpc) is 3.31. The number of methoxy groups -OCH3 is 2. The van der Waals surface area contributed by atoms with E-state index in [0.29, 0.717) is 29.8 Å². The Morgan fingerprint density at radius 3 is 2.81 bits per heavy atom. The van der Waals surface area contributed by atoms with Gasteiger partial charge in [0.05, 0.1) is 20.6 Å². The number of hydrogen-bond acceptors (Lipinski definition) is 7. The zero-order valence-corrected chi connectivity index (χ0v) is 18.6.